The highest BCUT2D eigenvalue weighted by atomic mass is 35.5. The van der Waals surface area contributed by atoms with Gasteiger partial charge in [0.1, 0.15) is 16.5 Å². The third kappa shape index (κ3) is 3.96. The molecule has 2 aliphatic rings. The molecule has 1 saturated carbocycles. The van der Waals surface area contributed by atoms with E-state index in [1.807, 2.05) is 23.1 Å². The molecule has 10 heteroatoms. The first-order valence-electron chi connectivity index (χ1n) is 11.9. The number of ether oxygens (including phenoxy) is 1. The number of fused-ring (bicyclic) bond motifs is 1. The summed E-state index contributed by atoms with van der Waals surface area (Å²) in [4.78, 5) is 22.4. The lowest BCUT2D eigenvalue weighted by Crippen LogP contribution is -2.23. The predicted octanol–water partition coefficient (Wildman–Crippen LogP) is 4.90. The average Bonchev–Trinajstić information content (AvgIpc) is 3.63. The molecule has 4 heterocycles. The topological polar surface area (TPSA) is 98.1 Å². The van der Waals surface area contributed by atoms with Crippen LogP contribution in [0, 0.1) is 24.1 Å². The van der Waals surface area contributed by atoms with Crippen LogP contribution in [0.3, 0.4) is 0 Å². The second kappa shape index (κ2) is 8.80. The van der Waals surface area contributed by atoms with Gasteiger partial charge in [0.2, 0.25) is 0 Å². The van der Waals surface area contributed by atoms with Crippen molar-refractivity contribution in [1.82, 2.24) is 24.1 Å². The molecule has 0 unspecified atom stereocenters. The van der Waals surface area contributed by atoms with E-state index in [0.717, 1.165) is 24.5 Å². The summed E-state index contributed by atoms with van der Waals surface area (Å²) in [7, 11) is 0. The van der Waals surface area contributed by atoms with E-state index in [4.69, 9.17) is 26.6 Å². The van der Waals surface area contributed by atoms with Gasteiger partial charge >= 0.3 is 0 Å². The Morgan fingerprint density at radius 3 is 2.81 bits per heavy atom. The molecule has 3 aromatic heterocycles. The van der Waals surface area contributed by atoms with Crippen LogP contribution in [0.15, 0.2) is 41.6 Å². The Morgan fingerprint density at radius 2 is 2.06 bits per heavy atom. The first-order chi connectivity index (χ1) is 17.4. The number of halogens is 2. The predicted molar refractivity (Wildman–Crippen MR) is 130 cm³/mol. The van der Waals surface area contributed by atoms with Gasteiger partial charge in [0, 0.05) is 36.0 Å². The fourth-order valence-corrected chi connectivity index (χ4v) is 4.89. The van der Waals surface area contributed by atoms with E-state index in [1.54, 1.807) is 13.1 Å². The molecule has 0 radical (unpaired) electrons. The van der Waals surface area contributed by atoms with Crippen LogP contribution in [0.4, 0.5) is 4.39 Å². The van der Waals surface area contributed by atoms with Crippen molar-refractivity contribution in [3.8, 4) is 17.3 Å². The Kier molecular flexibility index (Phi) is 5.58. The van der Waals surface area contributed by atoms with Crippen LogP contribution in [0.1, 0.15) is 66.3 Å². The normalized spacial score (nSPS) is 19.9. The van der Waals surface area contributed by atoms with Crippen LogP contribution in [0.25, 0.3) is 16.9 Å². The van der Waals surface area contributed by atoms with Gasteiger partial charge in [-0.05, 0) is 50.8 Å². The highest BCUT2D eigenvalue weighted by molar-refractivity contribution is 6.31. The number of hydrogen-bond donors (Lipinski definition) is 0. The third-order valence-electron chi connectivity index (χ3n) is 6.91. The second-order valence-corrected chi connectivity index (χ2v) is 9.77. The monoisotopic (exact) mass is 504 g/mol. The minimum absolute atomic E-state index is 0.00763. The molecule has 36 heavy (non-hydrogen) atoms. The molecule has 182 valence electrons. The number of rotatable bonds is 4. The van der Waals surface area contributed by atoms with E-state index < -0.39 is 11.4 Å². The van der Waals surface area contributed by atoms with Gasteiger partial charge in [-0.15, -0.1) is 0 Å². The van der Waals surface area contributed by atoms with E-state index in [1.165, 1.54) is 16.5 Å². The van der Waals surface area contributed by atoms with Gasteiger partial charge in [0.25, 0.3) is 5.56 Å². The van der Waals surface area contributed by atoms with Crippen LogP contribution in [-0.2, 0) is 4.74 Å². The molecule has 0 bridgehead atoms. The summed E-state index contributed by atoms with van der Waals surface area (Å²) in [5.74, 6) is -0.649. The molecule has 4 aromatic rings. The van der Waals surface area contributed by atoms with Crippen molar-refractivity contribution in [1.29, 1.82) is 5.26 Å². The number of benzene rings is 1. The van der Waals surface area contributed by atoms with Crippen molar-refractivity contribution in [2.45, 2.75) is 50.7 Å². The van der Waals surface area contributed by atoms with Crippen molar-refractivity contribution in [2.24, 2.45) is 0 Å². The highest BCUT2D eigenvalue weighted by Gasteiger charge is 2.30. The van der Waals surface area contributed by atoms with E-state index in [9.17, 15) is 4.79 Å². The first kappa shape index (κ1) is 22.8. The number of aryl methyl sites for hydroxylation is 1. The Bertz CT molecular complexity index is 1600. The Labute approximate surface area is 210 Å². The summed E-state index contributed by atoms with van der Waals surface area (Å²) in [6.07, 6.45) is 9.04. The lowest BCUT2D eigenvalue weighted by Gasteiger charge is -2.29. The second-order valence-electron chi connectivity index (χ2n) is 9.40. The quantitative estimate of drug-likeness (QED) is 0.392. The van der Waals surface area contributed by atoms with Crippen LogP contribution < -0.4 is 5.56 Å². The van der Waals surface area contributed by atoms with Gasteiger partial charge in [-0.1, -0.05) is 11.6 Å². The molecule has 6 rings (SSSR count). The molecule has 8 nitrogen and oxygen atoms in total. The fraction of sp³-hybridized carbons (Fsp3) is 0.346. The van der Waals surface area contributed by atoms with Crippen LogP contribution >= 0.6 is 11.6 Å². The SMILES string of the molecule is Cc1nc2c(-c3ccc(C#N)cc3F)nc([C@@H]3CCO[C@@H](c4cnn(C5CC5)c4)C3)cn2c(=O)c1Cl. The molecule has 1 aliphatic heterocycles. The molecule has 0 spiro atoms. The average molecular weight is 505 g/mol. The summed E-state index contributed by atoms with van der Waals surface area (Å²) >= 11 is 6.24. The molecular formula is C26H22ClFN6O2. The fourth-order valence-electron chi connectivity index (χ4n) is 4.76. The maximum atomic E-state index is 15.1. The zero-order valence-corrected chi connectivity index (χ0v) is 20.2. The van der Waals surface area contributed by atoms with Gasteiger partial charge in [-0.2, -0.15) is 10.4 Å². The van der Waals surface area contributed by atoms with E-state index in [0.29, 0.717) is 36.9 Å². The lowest BCUT2D eigenvalue weighted by molar-refractivity contribution is 0.00454. The van der Waals surface area contributed by atoms with Crippen LogP contribution in [-0.4, -0.2) is 30.8 Å². The Hall–Kier alpha value is -3.61. The molecule has 2 fully saturated rings. The zero-order valence-electron chi connectivity index (χ0n) is 19.5. The van der Waals surface area contributed by atoms with E-state index in [-0.39, 0.29) is 39.5 Å². The molecule has 0 amide bonds. The smallest absolute Gasteiger partial charge is 0.277 e. The zero-order chi connectivity index (χ0) is 25.0. The Balaban J connectivity index is 1.45. The first-order valence-corrected chi connectivity index (χ1v) is 12.3. The standard InChI is InChI=1S/C26H22ClFN6O2/c1-14-23(27)26(35)33-13-21(32-24(25(33)31-14)19-5-2-15(10-29)8-20(19)28)16-6-7-36-22(9-16)17-11-30-34(12-17)18-3-4-18/h2,5,8,11-13,16,18,22H,3-4,6-7,9H2,1H3/t16-,22-/m1/s1. The maximum Gasteiger partial charge on any atom is 0.277 e. The van der Waals surface area contributed by atoms with Gasteiger partial charge in [-0.3, -0.25) is 13.9 Å². The maximum absolute atomic E-state index is 15.1. The van der Waals surface area contributed by atoms with Crippen molar-refractivity contribution < 1.29 is 9.13 Å². The number of nitriles is 1. The summed E-state index contributed by atoms with van der Waals surface area (Å²) in [6.45, 7) is 2.15. The summed E-state index contributed by atoms with van der Waals surface area (Å²) < 4.78 is 24.5. The minimum Gasteiger partial charge on any atom is -0.373 e. The van der Waals surface area contributed by atoms with Crippen molar-refractivity contribution in [3.05, 3.63) is 80.5 Å². The van der Waals surface area contributed by atoms with Gasteiger partial charge in [0.05, 0.1) is 41.4 Å². The van der Waals surface area contributed by atoms with Crippen LogP contribution in [0.2, 0.25) is 5.02 Å². The molecule has 0 N–H and O–H groups in total. The van der Waals surface area contributed by atoms with Crippen LogP contribution in [0.5, 0.6) is 0 Å². The summed E-state index contributed by atoms with van der Waals surface area (Å²) in [6, 6.07) is 6.59. The van der Waals surface area contributed by atoms with Crippen molar-refractivity contribution in [3.63, 3.8) is 0 Å². The molecule has 1 aliphatic carbocycles. The summed E-state index contributed by atoms with van der Waals surface area (Å²) in [5, 5.41) is 13.6. The molecule has 2 atom stereocenters. The van der Waals surface area contributed by atoms with Crippen molar-refractivity contribution in [2.75, 3.05) is 6.61 Å². The van der Waals surface area contributed by atoms with Gasteiger partial charge in [-0.25, -0.2) is 14.4 Å². The lowest BCUT2D eigenvalue weighted by atomic mass is 9.90. The molecule has 1 saturated heterocycles. The number of hydrogen-bond acceptors (Lipinski definition) is 6. The van der Waals surface area contributed by atoms with Crippen molar-refractivity contribution >= 4 is 17.2 Å². The summed E-state index contributed by atoms with van der Waals surface area (Å²) in [5.41, 5.74) is 2.35. The third-order valence-corrected chi connectivity index (χ3v) is 7.35. The van der Waals surface area contributed by atoms with Gasteiger partial charge < -0.3 is 4.74 Å². The largest absolute Gasteiger partial charge is 0.373 e. The molecular weight excluding hydrogens is 483 g/mol. The Morgan fingerprint density at radius 1 is 1.22 bits per heavy atom. The molecule has 1 aromatic carbocycles. The highest BCUT2D eigenvalue weighted by Crippen LogP contribution is 2.40. The van der Waals surface area contributed by atoms with Gasteiger partial charge in [0.15, 0.2) is 5.65 Å². The number of nitrogens with zero attached hydrogens (tertiary/aromatic N) is 6. The van der Waals surface area contributed by atoms with E-state index >= 15 is 4.39 Å². The van der Waals surface area contributed by atoms with E-state index in [2.05, 4.69) is 10.1 Å². The number of aromatic nitrogens is 5. The minimum atomic E-state index is -0.611.